The lowest BCUT2D eigenvalue weighted by molar-refractivity contribution is 0.0719. The van der Waals surface area contributed by atoms with Crippen LogP contribution < -0.4 is 0 Å². The fraction of sp³-hybridized carbons (Fsp3) is 0.600. The molecule has 1 fully saturated rings. The van der Waals surface area contributed by atoms with Crippen LogP contribution >= 0.6 is 0 Å². The highest BCUT2D eigenvalue weighted by atomic mass is 32.2. The zero-order valence-corrected chi connectivity index (χ0v) is 18.9. The first-order valence-corrected chi connectivity index (χ1v) is 12.5. The Morgan fingerprint density at radius 1 is 1.23 bits per heavy atom. The van der Waals surface area contributed by atoms with Gasteiger partial charge in [-0.15, -0.1) is 0 Å². The predicted octanol–water partition coefficient (Wildman–Crippen LogP) is 1.73. The maximum atomic E-state index is 13.2. The lowest BCUT2D eigenvalue weighted by Gasteiger charge is -2.31. The summed E-state index contributed by atoms with van der Waals surface area (Å²) in [6.07, 6.45) is 7.45. The SMILES string of the molecule is CC(C)n1cc(C(=O)N=S(C)(=O)C2CCN(C(=O)c3cn4c(n3)COCC4)CC2)cn1. The van der Waals surface area contributed by atoms with Gasteiger partial charge in [0, 0.05) is 49.6 Å². The number of imidazole rings is 1. The van der Waals surface area contributed by atoms with E-state index in [1.165, 1.54) is 12.5 Å². The van der Waals surface area contributed by atoms with Crippen molar-refractivity contribution in [2.45, 2.75) is 51.1 Å². The van der Waals surface area contributed by atoms with E-state index >= 15 is 0 Å². The summed E-state index contributed by atoms with van der Waals surface area (Å²) in [5, 5.41) is 3.90. The molecule has 0 bridgehead atoms. The van der Waals surface area contributed by atoms with E-state index in [4.69, 9.17) is 4.74 Å². The second-order valence-electron chi connectivity index (χ2n) is 8.34. The van der Waals surface area contributed by atoms with Crippen molar-refractivity contribution in [1.29, 1.82) is 0 Å². The van der Waals surface area contributed by atoms with E-state index in [0.29, 0.717) is 56.9 Å². The molecule has 2 aromatic heterocycles. The number of rotatable bonds is 4. The molecule has 0 spiro atoms. The van der Waals surface area contributed by atoms with Gasteiger partial charge in [-0.05, 0) is 26.7 Å². The van der Waals surface area contributed by atoms with Crippen LogP contribution in [0.2, 0.25) is 0 Å². The first-order valence-electron chi connectivity index (χ1n) is 10.5. The van der Waals surface area contributed by atoms with Gasteiger partial charge in [-0.25, -0.2) is 9.19 Å². The van der Waals surface area contributed by atoms with Gasteiger partial charge in [-0.1, -0.05) is 0 Å². The number of fused-ring (bicyclic) bond motifs is 1. The molecule has 168 valence electrons. The predicted molar refractivity (Wildman–Crippen MR) is 114 cm³/mol. The van der Waals surface area contributed by atoms with Gasteiger partial charge in [0.2, 0.25) is 0 Å². The molecule has 4 rings (SSSR count). The molecule has 2 aliphatic heterocycles. The maximum Gasteiger partial charge on any atom is 0.288 e. The second-order valence-corrected chi connectivity index (χ2v) is 10.9. The Labute approximate surface area is 181 Å². The lowest BCUT2D eigenvalue weighted by atomic mass is 10.1. The van der Waals surface area contributed by atoms with Crippen LogP contribution in [0.5, 0.6) is 0 Å². The number of carbonyl (C=O) groups is 2. The number of nitrogens with zero attached hydrogens (tertiary/aromatic N) is 6. The van der Waals surface area contributed by atoms with E-state index in [9.17, 15) is 13.8 Å². The van der Waals surface area contributed by atoms with E-state index in [0.717, 1.165) is 5.82 Å². The van der Waals surface area contributed by atoms with Crippen LogP contribution in [0.1, 0.15) is 59.4 Å². The molecule has 0 aromatic carbocycles. The summed E-state index contributed by atoms with van der Waals surface area (Å²) in [7, 11) is -2.74. The summed E-state index contributed by atoms with van der Waals surface area (Å²) < 4.78 is 26.2. The lowest BCUT2D eigenvalue weighted by Crippen LogP contribution is -2.42. The van der Waals surface area contributed by atoms with Crippen LogP contribution in [0.25, 0.3) is 0 Å². The number of likely N-dealkylation sites (tertiary alicyclic amines) is 1. The minimum absolute atomic E-state index is 0.128. The Morgan fingerprint density at radius 2 is 1.97 bits per heavy atom. The van der Waals surface area contributed by atoms with E-state index in [1.807, 2.05) is 18.4 Å². The molecular formula is C20H28N6O4S. The monoisotopic (exact) mass is 448 g/mol. The average molecular weight is 449 g/mol. The number of ether oxygens (including phenoxy) is 1. The standard InChI is InChI=1S/C20H28N6O4S/c1-14(2)26-11-15(10-21-26)19(27)23-31(3,29)16-4-6-24(7-5-16)20(28)17-12-25-8-9-30-13-18(25)22-17/h10-12,14,16H,4-9,13H2,1-3H3. The number of hydrogen-bond acceptors (Lipinski definition) is 6. The van der Waals surface area contributed by atoms with Gasteiger partial charge < -0.3 is 14.2 Å². The molecule has 4 heterocycles. The molecule has 2 amide bonds. The molecule has 2 aliphatic rings. The number of aromatic nitrogens is 4. The van der Waals surface area contributed by atoms with Crippen molar-refractivity contribution in [3.63, 3.8) is 0 Å². The minimum atomic E-state index is -2.74. The Bertz CT molecular complexity index is 1080. The number of amides is 2. The largest absolute Gasteiger partial charge is 0.372 e. The summed E-state index contributed by atoms with van der Waals surface area (Å²) in [6.45, 7) is 6.57. The molecule has 0 N–H and O–H groups in total. The minimum Gasteiger partial charge on any atom is -0.372 e. The van der Waals surface area contributed by atoms with Gasteiger partial charge in [0.05, 0.1) is 28.1 Å². The van der Waals surface area contributed by atoms with Gasteiger partial charge in [-0.2, -0.15) is 9.46 Å². The molecule has 1 saturated heterocycles. The van der Waals surface area contributed by atoms with Crippen LogP contribution in [0.3, 0.4) is 0 Å². The molecule has 11 heteroatoms. The first-order chi connectivity index (χ1) is 14.7. The maximum absolute atomic E-state index is 13.2. The quantitative estimate of drug-likeness (QED) is 0.704. The molecular weight excluding hydrogens is 420 g/mol. The van der Waals surface area contributed by atoms with Crippen molar-refractivity contribution >= 4 is 21.5 Å². The number of hydrogen-bond donors (Lipinski definition) is 0. The second kappa shape index (κ2) is 8.54. The molecule has 0 aliphatic carbocycles. The highest BCUT2D eigenvalue weighted by Crippen LogP contribution is 2.22. The smallest absolute Gasteiger partial charge is 0.288 e. The fourth-order valence-electron chi connectivity index (χ4n) is 3.87. The van der Waals surface area contributed by atoms with Crippen LogP contribution in [-0.4, -0.2) is 71.5 Å². The summed E-state index contributed by atoms with van der Waals surface area (Å²) in [5.41, 5.74) is 0.752. The molecule has 2 aromatic rings. The normalized spacial score (nSPS) is 19.2. The molecule has 0 saturated carbocycles. The van der Waals surface area contributed by atoms with Crippen LogP contribution in [-0.2, 0) is 27.6 Å². The summed E-state index contributed by atoms with van der Waals surface area (Å²) in [6, 6.07) is 0.128. The fourth-order valence-corrected chi connectivity index (χ4v) is 5.54. The van der Waals surface area contributed by atoms with E-state index in [1.54, 1.807) is 22.0 Å². The Balaban J connectivity index is 1.40. The van der Waals surface area contributed by atoms with Gasteiger partial charge in [-0.3, -0.25) is 14.3 Å². The highest BCUT2D eigenvalue weighted by Gasteiger charge is 2.30. The third kappa shape index (κ3) is 4.57. The first kappa shape index (κ1) is 21.7. The molecule has 10 nitrogen and oxygen atoms in total. The highest BCUT2D eigenvalue weighted by molar-refractivity contribution is 7.93. The Morgan fingerprint density at radius 3 is 2.61 bits per heavy atom. The van der Waals surface area contributed by atoms with Crippen molar-refractivity contribution in [2.24, 2.45) is 4.36 Å². The Hall–Kier alpha value is -2.53. The molecule has 1 unspecified atom stereocenters. The molecule has 31 heavy (non-hydrogen) atoms. The van der Waals surface area contributed by atoms with Crippen LogP contribution in [0.15, 0.2) is 23.0 Å². The third-order valence-electron chi connectivity index (χ3n) is 5.78. The van der Waals surface area contributed by atoms with Crippen molar-refractivity contribution in [3.05, 3.63) is 35.7 Å². The zero-order chi connectivity index (χ0) is 22.2. The van der Waals surface area contributed by atoms with Gasteiger partial charge in [0.25, 0.3) is 11.8 Å². The Kier molecular flexibility index (Phi) is 5.98. The topological polar surface area (TPSA) is 112 Å². The number of carbonyl (C=O) groups excluding carboxylic acids is 2. The van der Waals surface area contributed by atoms with Gasteiger partial charge in [0.1, 0.15) is 18.1 Å². The van der Waals surface area contributed by atoms with E-state index in [-0.39, 0.29) is 17.2 Å². The molecule has 0 radical (unpaired) electrons. The summed E-state index contributed by atoms with van der Waals surface area (Å²) >= 11 is 0. The van der Waals surface area contributed by atoms with Crippen molar-refractivity contribution in [3.8, 4) is 0 Å². The van der Waals surface area contributed by atoms with Gasteiger partial charge in [0.15, 0.2) is 0 Å². The van der Waals surface area contributed by atoms with Crippen molar-refractivity contribution in [1.82, 2.24) is 24.2 Å². The van der Waals surface area contributed by atoms with Crippen LogP contribution in [0.4, 0.5) is 0 Å². The molecule has 1 atom stereocenters. The number of piperidine rings is 1. The summed E-state index contributed by atoms with van der Waals surface area (Å²) in [5.74, 6) is 0.125. The zero-order valence-electron chi connectivity index (χ0n) is 18.1. The van der Waals surface area contributed by atoms with Crippen molar-refractivity contribution < 1.29 is 18.5 Å². The average Bonchev–Trinajstić information content (AvgIpc) is 3.40. The summed E-state index contributed by atoms with van der Waals surface area (Å²) in [4.78, 5) is 31.5. The van der Waals surface area contributed by atoms with Crippen LogP contribution in [0, 0.1) is 0 Å². The van der Waals surface area contributed by atoms with E-state index < -0.39 is 15.6 Å². The van der Waals surface area contributed by atoms with E-state index in [2.05, 4.69) is 14.4 Å². The van der Waals surface area contributed by atoms with Crippen molar-refractivity contribution in [2.75, 3.05) is 26.0 Å². The third-order valence-corrected chi connectivity index (χ3v) is 8.01. The van der Waals surface area contributed by atoms with Gasteiger partial charge >= 0.3 is 0 Å².